The van der Waals surface area contributed by atoms with E-state index in [2.05, 4.69) is 127 Å². The Morgan fingerprint density at radius 3 is 2.20 bits per heavy atom. The van der Waals surface area contributed by atoms with Crippen molar-refractivity contribution in [3.8, 4) is 0 Å². The minimum atomic E-state index is -0.243. The summed E-state index contributed by atoms with van der Waals surface area (Å²) in [6, 6.07) is 10.1. The van der Waals surface area contributed by atoms with Gasteiger partial charge in [-0.15, -0.1) is 11.8 Å². The fourth-order valence-electron chi connectivity index (χ4n) is 4.62. The Bertz CT molecular complexity index is 1450. The lowest BCUT2D eigenvalue weighted by Gasteiger charge is -2.28. The standard InChI is InChI=1S/C44H63N3OS/c1-13-18-20-25-36(15-3)45-31-23-28-39(24-14-2)47(35(6)29-30-37(16-4)46-38-26-21-19-22-27-38)34-49-40(17-5)32-41(44(10,11)12)42(48)33-43(7,8)9/h14,16-30,32,45-46,48H,2,5-6,13,15,31,33-34H2,1,3-4,7-12H3/b20-18-,28-23-,30-29-,36-25+,37-16+,39-24+,40-32+,42-41-. The van der Waals surface area contributed by atoms with E-state index < -0.39 is 0 Å². The molecule has 4 nitrogen and oxygen atoms in total. The maximum atomic E-state index is 11.2. The minimum Gasteiger partial charge on any atom is -0.512 e. The van der Waals surface area contributed by atoms with Crippen molar-refractivity contribution in [2.24, 2.45) is 10.8 Å². The molecule has 0 aliphatic carbocycles. The molecule has 0 aliphatic heterocycles. The van der Waals surface area contributed by atoms with Gasteiger partial charge in [0.1, 0.15) is 0 Å². The van der Waals surface area contributed by atoms with Gasteiger partial charge in [-0.2, -0.15) is 0 Å². The number of para-hydroxylation sites is 1. The number of nitrogens with one attached hydrogen (secondary N) is 2. The molecule has 0 unspecified atom stereocenters. The topological polar surface area (TPSA) is 47.5 Å². The van der Waals surface area contributed by atoms with E-state index in [0.717, 1.165) is 46.1 Å². The summed E-state index contributed by atoms with van der Waals surface area (Å²) in [5.41, 5.74) is 5.58. The molecule has 0 bridgehead atoms. The second-order valence-corrected chi connectivity index (χ2v) is 14.9. The number of anilines is 1. The molecule has 3 N–H and O–H groups in total. The zero-order valence-electron chi connectivity index (χ0n) is 31.8. The number of thioether (sulfide) groups is 1. The largest absolute Gasteiger partial charge is 0.512 e. The number of allylic oxidation sites excluding steroid dienone is 14. The third kappa shape index (κ3) is 17.8. The predicted octanol–water partition coefficient (Wildman–Crippen LogP) is 12.9. The molecular formula is C44H63N3OS. The fourth-order valence-corrected chi connectivity index (χ4v) is 5.53. The summed E-state index contributed by atoms with van der Waals surface area (Å²) >= 11 is 1.65. The van der Waals surface area contributed by atoms with E-state index in [1.54, 1.807) is 17.8 Å². The van der Waals surface area contributed by atoms with E-state index in [1.807, 2.05) is 67.6 Å². The van der Waals surface area contributed by atoms with Crippen LogP contribution in [0.3, 0.4) is 0 Å². The second-order valence-electron chi connectivity index (χ2n) is 13.9. The number of hydrogen-bond acceptors (Lipinski definition) is 5. The van der Waals surface area contributed by atoms with Crippen molar-refractivity contribution in [2.45, 2.75) is 81.6 Å². The molecule has 0 heterocycles. The molecule has 5 heteroatoms. The molecule has 1 rings (SSSR count). The van der Waals surface area contributed by atoms with Crippen LogP contribution >= 0.6 is 11.8 Å². The van der Waals surface area contributed by atoms with Crippen LogP contribution in [0.4, 0.5) is 5.69 Å². The number of aliphatic hydroxyl groups is 1. The first-order chi connectivity index (χ1) is 23.2. The van der Waals surface area contributed by atoms with Crippen LogP contribution < -0.4 is 10.6 Å². The molecule has 0 saturated heterocycles. The van der Waals surface area contributed by atoms with Gasteiger partial charge in [-0.3, -0.25) is 0 Å². The van der Waals surface area contributed by atoms with Crippen molar-refractivity contribution in [1.29, 1.82) is 0 Å². The van der Waals surface area contributed by atoms with Crippen LogP contribution in [0, 0.1) is 10.8 Å². The fraction of sp³-hybridized carbons (Fsp3) is 0.364. The van der Waals surface area contributed by atoms with Gasteiger partial charge in [-0.25, -0.2) is 0 Å². The van der Waals surface area contributed by atoms with Crippen molar-refractivity contribution in [3.63, 3.8) is 0 Å². The molecule has 0 fully saturated rings. The quantitative estimate of drug-likeness (QED) is 0.0726. The Morgan fingerprint density at radius 2 is 1.65 bits per heavy atom. The van der Waals surface area contributed by atoms with Crippen molar-refractivity contribution >= 4 is 17.4 Å². The van der Waals surface area contributed by atoms with E-state index in [1.165, 1.54) is 5.70 Å². The summed E-state index contributed by atoms with van der Waals surface area (Å²) in [4.78, 5) is 3.14. The molecule has 0 spiro atoms. The lowest BCUT2D eigenvalue weighted by Crippen LogP contribution is -2.20. The Kier molecular flexibility index (Phi) is 19.7. The summed E-state index contributed by atoms with van der Waals surface area (Å²) in [5, 5.41) is 18.2. The van der Waals surface area contributed by atoms with Gasteiger partial charge in [-0.1, -0.05) is 130 Å². The van der Waals surface area contributed by atoms with Gasteiger partial charge >= 0.3 is 0 Å². The van der Waals surface area contributed by atoms with Gasteiger partial charge < -0.3 is 20.6 Å². The third-order valence-electron chi connectivity index (χ3n) is 7.23. The second kappa shape index (κ2) is 22.5. The maximum Gasteiger partial charge on any atom is 0.0965 e. The van der Waals surface area contributed by atoms with E-state index in [-0.39, 0.29) is 10.8 Å². The molecule has 0 radical (unpaired) electrons. The summed E-state index contributed by atoms with van der Waals surface area (Å²) in [6.07, 6.45) is 27.0. The lowest BCUT2D eigenvalue weighted by atomic mass is 9.81. The Morgan fingerprint density at radius 1 is 0.959 bits per heavy atom. The third-order valence-corrected chi connectivity index (χ3v) is 8.23. The Hall–Kier alpha value is -4.09. The molecule has 0 aliphatic rings. The Balaban J connectivity index is 3.49. The van der Waals surface area contributed by atoms with E-state index in [4.69, 9.17) is 0 Å². The summed E-state index contributed by atoms with van der Waals surface area (Å²) in [7, 11) is 0. The number of hydrogen-bond donors (Lipinski definition) is 3. The molecule has 266 valence electrons. The Labute approximate surface area is 303 Å². The minimum absolute atomic E-state index is 0.0383. The highest BCUT2D eigenvalue weighted by molar-refractivity contribution is 8.03. The van der Waals surface area contributed by atoms with Crippen LogP contribution in [0.15, 0.2) is 162 Å². The molecule has 0 amide bonds. The zero-order valence-corrected chi connectivity index (χ0v) is 32.6. The number of nitrogens with zero attached hydrogens (tertiary/aromatic N) is 1. The van der Waals surface area contributed by atoms with Gasteiger partial charge in [0.2, 0.25) is 0 Å². The molecule has 1 aromatic rings. The highest BCUT2D eigenvalue weighted by Gasteiger charge is 2.23. The smallest absolute Gasteiger partial charge is 0.0965 e. The predicted molar refractivity (Wildman–Crippen MR) is 221 cm³/mol. The highest BCUT2D eigenvalue weighted by atomic mass is 32.2. The molecule has 0 saturated carbocycles. The molecule has 0 atom stereocenters. The van der Waals surface area contributed by atoms with Crippen molar-refractivity contribution in [1.82, 2.24) is 10.2 Å². The van der Waals surface area contributed by atoms with Crippen LogP contribution in [-0.4, -0.2) is 22.4 Å². The first-order valence-electron chi connectivity index (χ1n) is 17.3. The van der Waals surface area contributed by atoms with Gasteiger partial charge in [0.15, 0.2) is 0 Å². The van der Waals surface area contributed by atoms with Crippen LogP contribution in [-0.2, 0) is 0 Å². The lowest BCUT2D eigenvalue weighted by molar-refractivity contribution is 0.290. The highest BCUT2D eigenvalue weighted by Crippen LogP contribution is 2.36. The van der Waals surface area contributed by atoms with Crippen LogP contribution in [0.1, 0.15) is 81.6 Å². The average Bonchev–Trinajstić information content (AvgIpc) is 3.04. The molecule has 0 aromatic heterocycles. The number of rotatable bonds is 20. The molecule has 49 heavy (non-hydrogen) atoms. The van der Waals surface area contributed by atoms with Crippen LogP contribution in [0.25, 0.3) is 0 Å². The summed E-state index contributed by atoms with van der Waals surface area (Å²) in [5.74, 6) is 0.983. The maximum absolute atomic E-state index is 11.2. The van der Waals surface area contributed by atoms with Crippen molar-refractivity contribution in [3.05, 3.63) is 162 Å². The van der Waals surface area contributed by atoms with Gasteiger partial charge in [0.25, 0.3) is 0 Å². The van der Waals surface area contributed by atoms with E-state index in [0.29, 0.717) is 24.6 Å². The number of benzene rings is 1. The molecule has 1 aromatic carbocycles. The normalized spacial score (nSPS) is 14.4. The van der Waals surface area contributed by atoms with Crippen LogP contribution in [0.5, 0.6) is 0 Å². The summed E-state index contributed by atoms with van der Waals surface area (Å²) < 4.78 is 0. The molecular weight excluding hydrogens is 619 g/mol. The van der Waals surface area contributed by atoms with Crippen molar-refractivity contribution in [2.75, 3.05) is 17.7 Å². The van der Waals surface area contributed by atoms with Gasteiger partial charge in [-0.05, 0) is 84.8 Å². The van der Waals surface area contributed by atoms with E-state index >= 15 is 0 Å². The van der Waals surface area contributed by atoms with E-state index in [9.17, 15) is 5.11 Å². The SMILES string of the molecule is C=C/C=C(\C=C/CN/C(=C/C=C\CC)CC)N(CS/C(C=C)=C/C(=C(/O)CC(C)(C)C)C(C)(C)C)C(=C)/C=C\C(=C/C)Nc1ccccc1. The number of aliphatic hydroxyl groups excluding tert-OH is 1. The summed E-state index contributed by atoms with van der Waals surface area (Å²) in [6.45, 7) is 32.4. The van der Waals surface area contributed by atoms with Gasteiger partial charge in [0, 0.05) is 46.3 Å². The first kappa shape index (κ1) is 42.9. The van der Waals surface area contributed by atoms with Gasteiger partial charge in [0.05, 0.1) is 11.6 Å². The average molecular weight is 682 g/mol. The van der Waals surface area contributed by atoms with Crippen LogP contribution in [0.2, 0.25) is 0 Å². The first-order valence-corrected chi connectivity index (χ1v) is 18.3. The van der Waals surface area contributed by atoms with Crippen molar-refractivity contribution < 1.29 is 5.11 Å². The zero-order chi connectivity index (χ0) is 36.9. The monoisotopic (exact) mass is 681 g/mol.